The molecule has 4 heteroatoms. The van der Waals surface area contributed by atoms with Gasteiger partial charge in [0.15, 0.2) is 11.8 Å². The van der Waals surface area contributed by atoms with Crippen LogP contribution in [0.1, 0.15) is 34.7 Å². The molecule has 152 valence electrons. The van der Waals surface area contributed by atoms with Crippen LogP contribution in [0.5, 0.6) is 0 Å². The number of benzene rings is 2. The Kier molecular flexibility index (Phi) is 2.21. The van der Waals surface area contributed by atoms with Gasteiger partial charge in [-0.1, -0.05) is 12.1 Å². The van der Waals surface area contributed by atoms with E-state index >= 15 is 0 Å². The van der Waals surface area contributed by atoms with Crippen molar-refractivity contribution in [2.24, 2.45) is 7.05 Å². The molecule has 4 nitrogen and oxygen atoms in total. The van der Waals surface area contributed by atoms with E-state index in [-0.39, 0.29) is 16.8 Å². The number of aryl methyl sites for hydroxylation is 5. The first-order chi connectivity index (χ1) is 18.6. The zero-order valence-electron chi connectivity index (χ0n) is 25.8. The third-order valence-corrected chi connectivity index (χ3v) is 5.82. The molecule has 6 rings (SSSR count). The lowest BCUT2D eigenvalue weighted by molar-refractivity contribution is -0.660. The molecule has 4 heterocycles. The first kappa shape index (κ1) is 11.1. The summed E-state index contributed by atoms with van der Waals surface area (Å²) in [4.78, 5) is 4.40. The van der Waals surface area contributed by atoms with Crippen molar-refractivity contribution >= 4 is 44.0 Å². The number of hydrogen-bond acceptors (Lipinski definition) is 3. The normalized spacial score (nSPS) is 17.5. The van der Waals surface area contributed by atoms with Crippen LogP contribution in [0.25, 0.3) is 55.3 Å². The second-order valence-electron chi connectivity index (χ2n) is 7.79. The van der Waals surface area contributed by atoms with Gasteiger partial charge in [-0.15, -0.1) is 0 Å². The van der Waals surface area contributed by atoms with Crippen LogP contribution in [0.3, 0.4) is 0 Å². The van der Waals surface area contributed by atoms with Crippen molar-refractivity contribution in [2.45, 2.75) is 27.5 Å². The second kappa shape index (κ2) is 6.17. The van der Waals surface area contributed by atoms with E-state index in [1.54, 1.807) is 23.7 Å². The molecule has 6 aromatic rings. The van der Waals surface area contributed by atoms with Gasteiger partial charge in [-0.3, -0.25) is 0 Å². The van der Waals surface area contributed by atoms with Crippen LogP contribution in [-0.4, -0.2) is 4.98 Å². The molecular formula is C27H23N2O2+. The molecule has 0 unspecified atom stereocenters. The molecule has 31 heavy (non-hydrogen) atoms. The summed E-state index contributed by atoms with van der Waals surface area (Å²) in [7, 11) is 1.66. The van der Waals surface area contributed by atoms with Crippen LogP contribution < -0.4 is 4.57 Å². The number of aromatic nitrogens is 2. The molecule has 0 spiro atoms. The maximum absolute atomic E-state index is 8.03. The Labute approximate surface area is 192 Å². The van der Waals surface area contributed by atoms with E-state index in [1.807, 2.05) is 25.1 Å². The number of nitrogens with zero attached hydrogens (tertiary/aromatic N) is 2. The minimum atomic E-state index is -2.66. The summed E-state index contributed by atoms with van der Waals surface area (Å²) >= 11 is 0. The minimum Gasteiger partial charge on any atom is -0.454 e. The van der Waals surface area contributed by atoms with Crippen LogP contribution in [0, 0.1) is 27.5 Å². The molecule has 0 aliphatic carbocycles. The van der Waals surface area contributed by atoms with Crippen LogP contribution >= 0.6 is 0 Å². The average Bonchev–Trinajstić information content (AvgIpc) is 3.39. The van der Waals surface area contributed by atoms with Crippen molar-refractivity contribution in [2.75, 3.05) is 0 Å². The molecule has 0 fully saturated rings. The number of fused-ring (bicyclic) bond motifs is 7. The molecule has 4 aromatic heterocycles. The number of hydrogen-bond donors (Lipinski definition) is 0. The quantitative estimate of drug-likeness (QED) is 0.283. The zero-order valence-corrected chi connectivity index (χ0v) is 16.8. The molecule has 0 N–H and O–H groups in total. The monoisotopic (exact) mass is 416 g/mol. The van der Waals surface area contributed by atoms with Gasteiger partial charge in [0.25, 0.3) is 0 Å². The Balaban J connectivity index is 1.71. The van der Waals surface area contributed by atoms with Gasteiger partial charge in [-0.05, 0) is 62.9 Å². The van der Waals surface area contributed by atoms with Gasteiger partial charge in [0, 0.05) is 40.4 Å². The fourth-order valence-corrected chi connectivity index (χ4v) is 4.34. The summed E-state index contributed by atoms with van der Waals surface area (Å²) in [5.74, 6) is 0. The van der Waals surface area contributed by atoms with Crippen molar-refractivity contribution < 1.29 is 25.7 Å². The van der Waals surface area contributed by atoms with E-state index in [1.165, 1.54) is 18.3 Å². The largest absolute Gasteiger partial charge is 0.454 e. The van der Waals surface area contributed by atoms with Crippen LogP contribution in [0.4, 0.5) is 0 Å². The van der Waals surface area contributed by atoms with Gasteiger partial charge in [0.2, 0.25) is 5.69 Å². The number of furan rings is 2. The van der Waals surface area contributed by atoms with Crippen molar-refractivity contribution in [3.63, 3.8) is 0 Å². The fraction of sp³-hybridized carbons (Fsp3) is 0.185. The zero-order chi connectivity index (χ0) is 28.9. The van der Waals surface area contributed by atoms with Crippen molar-refractivity contribution in [3.8, 4) is 11.3 Å². The molecule has 0 atom stereocenters. The van der Waals surface area contributed by atoms with E-state index in [9.17, 15) is 0 Å². The molecule has 0 bridgehead atoms. The van der Waals surface area contributed by atoms with Gasteiger partial charge in [-0.25, -0.2) is 9.55 Å². The molecule has 0 radical (unpaired) electrons. The summed E-state index contributed by atoms with van der Waals surface area (Å²) in [6.45, 7) is -5.81. The third-order valence-electron chi connectivity index (χ3n) is 5.82. The lowest BCUT2D eigenvalue weighted by Crippen LogP contribution is -2.31. The number of pyridine rings is 2. The highest BCUT2D eigenvalue weighted by molar-refractivity contribution is 6.22. The van der Waals surface area contributed by atoms with Gasteiger partial charge in [0.1, 0.15) is 29.3 Å². The highest BCUT2D eigenvalue weighted by atomic mass is 16.3. The highest BCUT2D eigenvalue weighted by Gasteiger charge is 2.23. The maximum Gasteiger partial charge on any atom is 0.216 e. The summed E-state index contributed by atoms with van der Waals surface area (Å²) in [6.07, 6.45) is 1.34. The predicted molar refractivity (Wildman–Crippen MR) is 124 cm³/mol. The molecule has 0 saturated heterocycles. The van der Waals surface area contributed by atoms with E-state index in [0.717, 1.165) is 16.3 Å². The Hall–Kier alpha value is -3.66. The van der Waals surface area contributed by atoms with Crippen molar-refractivity contribution in [1.29, 1.82) is 0 Å². The summed E-state index contributed by atoms with van der Waals surface area (Å²) in [5, 5.41) is 2.02. The van der Waals surface area contributed by atoms with Crippen molar-refractivity contribution in [1.82, 2.24) is 4.98 Å². The highest BCUT2D eigenvalue weighted by Crippen LogP contribution is 2.42. The summed E-state index contributed by atoms with van der Waals surface area (Å²) in [5.41, 5.74) is 3.49. The SMILES string of the molecule is [2H]C([2H])([2H])c1ccc2oc3ccc4c5ccc(C)c(-c6cc(C([2H])([2H])[2H])c(C([2H])([2H])[2H])c[n+]6C)c5oc4c3c2n1. The van der Waals surface area contributed by atoms with E-state index < -0.39 is 20.6 Å². The molecular weight excluding hydrogens is 384 g/mol. The summed E-state index contributed by atoms with van der Waals surface area (Å²) < 4.78 is 85.2. The first-order valence-electron chi connectivity index (χ1n) is 14.3. The minimum absolute atomic E-state index is 0.0640. The lowest BCUT2D eigenvalue weighted by atomic mass is 9.99. The van der Waals surface area contributed by atoms with E-state index in [2.05, 4.69) is 4.98 Å². The van der Waals surface area contributed by atoms with Gasteiger partial charge in [-0.2, -0.15) is 0 Å². The van der Waals surface area contributed by atoms with Crippen LogP contribution in [0.2, 0.25) is 0 Å². The Morgan fingerprint density at radius 1 is 0.839 bits per heavy atom. The van der Waals surface area contributed by atoms with E-state index in [4.69, 9.17) is 21.2 Å². The molecule has 0 saturated carbocycles. The van der Waals surface area contributed by atoms with E-state index in [0.29, 0.717) is 44.5 Å². The topological polar surface area (TPSA) is 43.0 Å². The van der Waals surface area contributed by atoms with Gasteiger partial charge < -0.3 is 8.83 Å². The average molecular weight is 417 g/mol. The Bertz CT molecular complexity index is 1990. The smallest absolute Gasteiger partial charge is 0.216 e. The Morgan fingerprint density at radius 2 is 1.65 bits per heavy atom. The molecule has 0 aliphatic heterocycles. The first-order valence-corrected chi connectivity index (χ1v) is 9.79. The van der Waals surface area contributed by atoms with Crippen LogP contribution in [0.15, 0.2) is 57.5 Å². The predicted octanol–water partition coefficient (Wildman–Crippen LogP) is 6.61. The molecule has 0 aliphatic rings. The standard InChI is InChI=1S/C27H23N2O2/c1-14-6-8-18-19-9-11-21-24(25-22(30-21)10-7-17(4)28-25)27(19)31-26(18)23(14)20-12-15(2)16(3)13-29(20)5/h6-13H,1-5H3/q+1/i2D3,3D3,4D3. The molecule has 0 amide bonds. The van der Waals surface area contributed by atoms with Gasteiger partial charge in [0.05, 0.1) is 10.9 Å². The lowest BCUT2D eigenvalue weighted by Gasteiger charge is -2.07. The number of rotatable bonds is 1. The fourth-order valence-electron chi connectivity index (χ4n) is 4.34. The second-order valence-corrected chi connectivity index (χ2v) is 7.79. The Morgan fingerprint density at radius 3 is 2.48 bits per heavy atom. The molecule has 2 aromatic carbocycles. The van der Waals surface area contributed by atoms with Crippen molar-refractivity contribution in [3.05, 3.63) is 71.0 Å². The van der Waals surface area contributed by atoms with Gasteiger partial charge >= 0.3 is 0 Å². The van der Waals surface area contributed by atoms with Crippen LogP contribution in [-0.2, 0) is 7.05 Å². The maximum atomic E-state index is 8.03. The third kappa shape index (κ3) is 2.48. The summed E-state index contributed by atoms with van der Waals surface area (Å²) in [6, 6.07) is 11.8.